The molecule has 0 unspecified atom stereocenters. The van der Waals surface area contributed by atoms with E-state index in [9.17, 15) is 4.57 Å². The zero-order valence-electron chi connectivity index (χ0n) is 10.0. The van der Waals surface area contributed by atoms with Gasteiger partial charge in [-0.05, 0) is 25.3 Å². The van der Waals surface area contributed by atoms with Crippen molar-refractivity contribution in [3.05, 3.63) is 22.4 Å². The van der Waals surface area contributed by atoms with Crippen molar-refractivity contribution in [3.8, 4) is 0 Å². The molecule has 0 fully saturated rings. The van der Waals surface area contributed by atoms with Crippen LogP contribution in [0.2, 0.25) is 0 Å². The molecule has 0 bridgehead atoms. The number of thiophene rings is 1. The first-order valence-electron chi connectivity index (χ1n) is 5.52. The minimum atomic E-state index is -2.91. The summed E-state index contributed by atoms with van der Waals surface area (Å²) in [5.74, 6) is 0.212. The third-order valence-electron chi connectivity index (χ3n) is 2.18. The lowest BCUT2D eigenvalue weighted by atomic mass is 10.2. The molecule has 0 saturated heterocycles. The molecule has 0 N–H and O–H groups in total. The molecule has 1 rings (SSSR count). The van der Waals surface area contributed by atoms with Gasteiger partial charge in [0.25, 0.3) is 0 Å². The first-order chi connectivity index (χ1) is 7.61. The lowest BCUT2D eigenvalue weighted by Gasteiger charge is -2.19. The van der Waals surface area contributed by atoms with Crippen molar-refractivity contribution in [2.45, 2.75) is 26.7 Å². The summed E-state index contributed by atoms with van der Waals surface area (Å²) in [4.78, 5) is 1.22. The van der Waals surface area contributed by atoms with Crippen LogP contribution in [0.25, 0.3) is 0 Å². The Bertz CT molecular complexity index is 327. The summed E-state index contributed by atoms with van der Waals surface area (Å²) in [5, 5.41) is 2.03. The van der Waals surface area contributed by atoms with E-state index in [0.29, 0.717) is 19.4 Å². The van der Waals surface area contributed by atoms with Gasteiger partial charge in [-0.25, -0.2) is 0 Å². The first kappa shape index (κ1) is 13.9. The maximum Gasteiger partial charge on any atom is 0.331 e. The van der Waals surface area contributed by atoms with Gasteiger partial charge in [0.2, 0.25) is 0 Å². The fourth-order valence-electron chi connectivity index (χ4n) is 1.53. The van der Waals surface area contributed by atoms with E-state index in [1.165, 1.54) is 4.88 Å². The van der Waals surface area contributed by atoms with Crippen LogP contribution in [-0.4, -0.2) is 19.4 Å². The Balaban J connectivity index is 2.64. The van der Waals surface area contributed by atoms with Gasteiger partial charge in [0.1, 0.15) is 0 Å². The van der Waals surface area contributed by atoms with Gasteiger partial charge in [0, 0.05) is 10.8 Å². The standard InChI is InChI=1S/C11H19O3PS/c1-4-13-15(12,14-5-2)9-10(3)11-7-6-8-16-11/h6-8,10H,4-5,9H2,1-3H3/t10-/m1/s1. The molecule has 0 aliphatic heterocycles. The Labute approximate surface area is 101 Å². The van der Waals surface area contributed by atoms with Crippen LogP contribution in [0.5, 0.6) is 0 Å². The van der Waals surface area contributed by atoms with E-state index in [1.54, 1.807) is 11.3 Å². The van der Waals surface area contributed by atoms with Gasteiger partial charge in [-0.2, -0.15) is 0 Å². The summed E-state index contributed by atoms with van der Waals surface area (Å²) in [6.45, 7) is 6.57. The fraction of sp³-hybridized carbons (Fsp3) is 0.636. The molecule has 92 valence electrons. The second-order valence-electron chi connectivity index (χ2n) is 3.55. The Morgan fingerprint density at radius 1 is 1.38 bits per heavy atom. The highest BCUT2D eigenvalue weighted by molar-refractivity contribution is 7.53. The molecule has 0 radical (unpaired) electrons. The molecule has 0 aromatic carbocycles. The van der Waals surface area contributed by atoms with Crippen molar-refractivity contribution in [1.82, 2.24) is 0 Å². The van der Waals surface area contributed by atoms with Crippen LogP contribution in [0.15, 0.2) is 17.5 Å². The molecule has 0 saturated carbocycles. The minimum Gasteiger partial charge on any atom is -0.309 e. The van der Waals surface area contributed by atoms with E-state index < -0.39 is 7.60 Å². The SMILES string of the molecule is CCOP(=O)(C[C@@H](C)c1cccs1)OCC. The molecule has 1 aromatic heterocycles. The van der Waals surface area contributed by atoms with E-state index in [0.717, 1.165) is 0 Å². The average molecular weight is 262 g/mol. The smallest absolute Gasteiger partial charge is 0.309 e. The van der Waals surface area contributed by atoms with Crippen molar-refractivity contribution in [2.75, 3.05) is 19.4 Å². The largest absolute Gasteiger partial charge is 0.331 e. The van der Waals surface area contributed by atoms with Gasteiger partial charge < -0.3 is 9.05 Å². The maximum atomic E-state index is 12.3. The number of rotatable bonds is 7. The van der Waals surface area contributed by atoms with Crippen molar-refractivity contribution in [3.63, 3.8) is 0 Å². The second-order valence-corrected chi connectivity index (χ2v) is 6.63. The summed E-state index contributed by atoms with van der Waals surface area (Å²) in [6, 6.07) is 4.06. The van der Waals surface area contributed by atoms with Crippen LogP contribution >= 0.6 is 18.9 Å². The van der Waals surface area contributed by atoms with Crippen LogP contribution in [0.4, 0.5) is 0 Å². The fourth-order valence-corrected chi connectivity index (χ4v) is 4.38. The van der Waals surface area contributed by atoms with Gasteiger partial charge in [-0.1, -0.05) is 13.0 Å². The highest BCUT2D eigenvalue weighted by Crippen LogP contribution is 2.51. The Morgan fingerprint density at radius 2 is 2.00 bits per heavy atom. The zero-order chi connectivity index (χ0) is 12.0. The van der Waals surface area contributed by atoms with E-state index in [-0.39, 0.29) is 5.92 Å². The van der Waals surface area contributed by atoms with Crippen LogP contribution in [0.3, 0.4) is 0 Å². The molecule has 1 atom stereocenters. The molecular weight excluding hydrogens is 243 g/mol. The molecule has 0 aliphatic rings. The highest BCUT2D eigenvalue weighted by atomic mass is 32.1. The van der Waals surface area contributed by atoms with E-state index >= 15 is 0 Å². The van der Waals surface area contributed by atoms with Gasteiger partial charge in [0.15, 0.2) is 0 Å². The first-order valence-corrected chi connectivity index (χ1v) is 8.13. The lowest BCUT2D eigenvalue weighted by Crippen LogP contribution is -2.05. The predicted octanol–water partition coefficient (Wildman–Crippen LogP) is 4.12. The topological polar surface area (TPSA) is 35.5 Å². The number of hydrogen-bond donors (Lipinski definition) is 0. The van der Waals surface area contributed by atoms with Crippen molar-refractivity contribution in [2.24, 2.45) is 0 Å². The maximum absolute atomic E-state index is 12.3. The molecule has 0 aliphatic carbocycles. The summed E-state index contributed by atoms with van der Waals surface area (Å²) < 4.78 is 22.8. The second kappa shape index (κ2) is 6.55. The van der Waals surface area contributed by atoms with Crippen LogP contribution < -0.4 is 0 Å². The van der Waals surface area contributed by atoms with Crippen molar-refractivity contribution in [1.29, 1.82) is 0 Å². The molecule has 5 heteroatoms. The average Bonchev–Trinajstić information content (AvgIpc) is 2.70. The molecule has 1 aromatic rings. The molecule has 3 nitrogen and oxygen atoms in total. The summed E-state index contributed by atoms with van der Waals surface area (Å²) in [5.41, 5.74) is 0. The van der Waals surface area contributed by atoms with Gasteiger partial charge in [-0.3, -0.25) is 4.57 Å². The number of hydrogen-bond acceptors (Lipinski definition) is 4. The Hall–Kier alpha value is -0.150. The van der Waals surface area contributed by atoms with Crippen LogP contribution in [0, 0.1) is 0 Å². The Kier molecular flexibility index (Phi) is 5.70. The molecular formula is C11H19O3PS. The van der Waals surface area contributed by atoms with E-state index in [4.69, 9.17) is 9.05 Å². The van der Waals surface area contributed by atoms with Gasteiger partial charge in [0.05, 0.1) is 19.4 Å². The molecule has 16 heavy (non-hydrogen) atoms. The van der Waals surface area contributed by atoms with Gasteiger partial charge in [-0.15, -0.1) is 11.3 Å². The predicted molar refractivity (Wildman–Crippen MR) is 68.5 cm³/mol. The summed E-state index contributed by atoms with van der Waals surface area (Å²) in [7, 11) is -2.91. The summed E-state index contributed by atoms with van der Waals surface area (Å²) >= 11 is 1.68. The highest BCUT2D eigenvalue weighted by Gasteiger charge is 2.27. The van der Waals surface area contributed by atoms with Crippen LogP contribution in [0.1, 0.15) is 31.6 Å². The van der Waals surface area contributed by atoms with Crippen molar-refractivity contribution < 1.29 is 13.6 Å². The minimum absolute atomic E-state index is 0.212. The van der Waals surface area contributed by atoms with Gasteiger partial charge >= 0.3 is 7.60 Å². The third kappa shape index (κ3) is 4.02. The zero-order valence-corrected chi connectivity index (χ0v) is 11.7. The quantitative estimate of drug-likeness (QED) is 0.693. The Morgan fingerprint density at radius 3 is 2.44 bits per heavy atom. The lowest BCUT2D eigenvalue weighted by molar-refractivity contribution is 0.219. The van der Waals surface area contributed by atoms with E-state index in [2.05, 4.69) is 13.0 Å². The third-order valence-corrected chi connectivity index (χ3v) is 5.58. The molecule has 0 amide bonds. The van der Waals surface area contributed by atoms with E-state index in [1.807, 2.05) is 25.3 Å². The molecule has 0 spiro atoms. The van der Waals surface area contributed by atoms with Crippen LogP contribution in [-0.2, 0) is 13.6 Å². The van der Waals surface area contributed by atoms with Crippen molar-refractivity contribution >= 4 is 18.9 Å². The normalized spacial score (nSPS) is 13.9. The molecule has 1 heterocycles. The summed E-state index contributed by atoms with van der Waals surface area (Å²) in [6.07, 6.45) is 0.454. The monoisotopic (exact) mass is 262 g/mol.